The number of likely N-dealkylation sites (tertiary alicyclic amines) is 1. The summed E-state index contributed by atoms with van der Waals surface area (Å²) >= 11 is 0. The van der Waals surface area contributed by atoms with Crippen molar-refractivity contribution < 1.29 is 14.3 Å². The maximum atomic E-state index is 12.6. The van der Waals surface area contributed by atoms with Gasteiger partial charge in [0.2, 0.25) is 5.91 Å². The van der Waals surface area contributed by atoms with Crippen LogP contribution in [0.1, 0.15) is 36.8 Å². The second kappa shape index (κ2) is 10.7. The Balaban J connectivity index is 1.42. The summed E-state index contributed by atoms with van der Waals surface area (Å²) in [5.74, 6) is 1.15. The van der Waals surface area contributed by atoms with Crippen LogP contribution < -0.4 is 15.4 Å². The smallest absolute Gasteiger partial charge is 0.321 e. The lowest BCUT2D eigenvalue weighted by atomic mass is 9.93. The lowest BCUT2D eigenvalue weighted by molar-refractivity contribution is -0.121. The number of piperidine rings is 1. The standard InChI is InChI=1S/C24H31N3O3/c1-18-9-12-21(13-10-18)26-24(29)27-15-5-6-19(17-27)11-14-23(28)25-16-20-7-3-4-8-22(20)30-2/h3-4,7-10,12-13,19H,5-6,11,14-17H2,1-2H3,(H,25,28)(H,26,29). The molecule has 2 aromatic carbocycles. The van der Waals surface area contributed by atoms with Crippen molar-refractivity contribution in [2.75, 3.05) is 25.5 Å². The molecule has 1 fully saturated rings. The summed E-state index contributed by atoms with van der Waals surface area (Å²) in [5, 5.41) is 5.94. The Morgan fingerprint density at radius 2 is 1.90 bits per heavy atom. The van der Waals surface area contributed by atoms with E-state index in [9.17, 15) is 9.59 Å². The molecule has 1 aliphatic rings. The molecule has 0 aromatic heterocycles. The predicted molar refractivity (Wildman–Crippen MR) is 119 cm³/mol. The summed E-state index contributed by atoms with van der Waals surface area (Å²) in [6, 6.07) is 15.4. The molecule has 1 unspecified atom stereocenters. The number of anilines is 1. The fourth-order valence-corrected chi connectivity index (χ4v) is 3.79. The number of nitrogens with zero attached hydrogens (tertiary/aromatic N) is 1. The van der Waals surface area contributed by atoms with Crippen LogP contribution in [0.2, 0.25) is 0 Å². The van der Waals surface area contributed by atoms with Gasteiger partial charge in [0.05, 0.1) is 7.11 Å². The molecule has 0 spiro atoms. The van der Waals surface area contributed by atoms with E-state index in [-0.39, 0.29) is 11.9 Å². The van der Waals surface area contributed by atoms with E-state index in [0.717, 1.165) is 48.4 Å². The summed E-state index contributed by atoms with van der Waals surface area (Å²) in [4.78, 5) is 26.7. The number of nitrogens with one attached hydrogen (secondary N) is 2. The SMILES string of the molecule is COc1ccccc1CNC(=O)CCC1CCCN(C(=O)Nc2ccc(C)cc2)C1. The van der Waals surface area contributed by atoms with Gasteiger partial charge in [-0.25, -0.2) is 4.79 Å². The zero-order chi connectivity index (χ0) is 21.3. The summed E-state index contributed by atoms with van der Waals surface area (Å²) in [5.41, 5.74) is 2.93. The van der Waals surface area contributed by atoms with Crippen LogP contribution in [-0.2, 0) is 11.3 Å². The maximum absolute atomic E-state index is 12.6. The molecular weight excluding hydrogens is 378 g/mol. The molecular formula is C24H31N3O3. The first-order chi connectivity index (χ1) is 14.5. The first-order valence-electron chi connectivity index (χ1n) is 10.6. The van der Waals surface area contributed by atoms with Crippen molar-refractivity contribution in [3.63, 3.8) is 0 Å². The van der Waals surface area contributed by atoms with Gasteiger partial charge < -0.3 is 20.3 Å². The molecule has 6 nitrogen and oxygen atoms in total. The largest absolute Gasteiger partial charge is 0.496 e. The third kappa shape index (κ3) is 6.24. The van der Waals surface area contributed by atoms with Crippen LogP contribution in [0.3, 0.4) is 0 Å². The third-order valence-electron chi connectivity index (χ3n) is 5.56. The van der Waals surface area contributed by atoms with Crippen LogP contribution >= 0.6 is 0 Å². The molecule has 0 aliphatic carbocycles. The van der Waals surface area contributed by atoms with Crippen LogP contribution in [0.5, 0.6) is 5.75 Å². The number of urea groups is 1. The van der Waals surface area contributed by atoms with Crippen LogP contribution in [-0.4, -0.2) is 37.0 Å². The van der Waals surface area contributed by atoms with Gasteiger partial charge in [-0.15, -0.1) is 0 Å². The van der Waals surface area contributed by atoms with Crippen molar-refractivity contribution >= 4 is 17.6 Å². The van der Waals surface area contributed by atoms with Gasteiger partial charge in [0.15, 0.2) is 0 Å². The van der Waals surface area contributed by atoms with Crippen LogP contribution in [0.4, 0.5) is 10.5 Å². The highest BCUT2D eigenvalue weighted by atomic mass is 16.5. The predicted octanol–water partition coefficient (Wildman–Crippen LogP) is 4.34. The van der Waals surface area contributed by atoms with Crippen LogP contribution in [0.25, 0.3) is 0 Å². The number of ether oxygens (including phenoxy) is 1. The van der Waals surface area contributed by atoms with E-state index < -0.39 is 0 Å². The van der Waals surface area contributed by atoms with Crippen molar-refractivity contribution in [3.8, 4) is 5.75 Å². The number of methoxy groups -OCH3 is 1. The molecule has 1 saturated heterocycles. The summed E-state index contributed by atoms with van der Waals surface area (Å²) in [7, 11) is 1.63. The van der Waals surface area contributed by atoms with Crippen molar-refractivity contribution in [3.05, 3.63) is 59.7 Å². The second-order valence-electron chi connectivity index (χ2n) is 7.88. The number of para-hydroxylation sites is 1. The fraction of sp³-hybridized carbons (Fsp3) is 0.417. The summed E-state index contributed by atoms with van der Waals surface area (Å²) in [6.07, 6.45) is 3.27. The lowest BCUT2D eigenvalue weighted by Gasteiger charge is -2.32. The molecule has 0 bridgehead atoms. The minimum Gasteiger partial charge on any atom is -0.496 e. The zero-order valence-electron chi connectivity index (χ0n) is 17.8. The Labute approximate surface area is 178 Å². The molecule has 1 atom stereocenters. The van der Waals surface area contributed by atoms with E-state index in [1.165, 1.54) is 0 Å². The number of amides is 3. The van der Waals surface area contributed by atoms with Gasteiger partial charge in [-0.3, -0.25) is 4.79 Å². The quantitative estimate of drug-likeness (QED) is 0.714. The number of hydrogen-bond acceptors (Lipinski definition) is 3. The molecule has 0 saturated carbocycles. The van der Waals surface area contributed by atoms with Gasteiger partial charge in [0, 0.05) is 37.3 Å². The molecule has 1 aliphatic heterocycles. The summed E-state index contributed by atoms with van der Waals surface area (Å²) < 4.78 is 5.32. The van der Waals surface area contributed by atoms with Crippen LogP contribution in [0.15, 0.2) is 48.5 Å². The monoisotopic (exact) mass is 409 g/mol. The van der Waals surface area contributed by atoms with Gasteiger partial charge in [-0.05, 0) is 50.3 Å². The van der Waals surface area contributed by atoms with Gasteiger partial charge in [0.25, 0.3) is 0 Å². The molecule has 30 heavy (non-hydrogen) atoms. The maximum Gasteiger partial charge on any atom is 0.321 e. The first kappa shape index (κ1) is 21.7. The number of rotatable bonds is 7. The number of aryl methyl sites for hydroxylation is 1. The molecule has 1 heterocycles. The molecule has 3 rings (SSSR count). The van der Waals surface area contributed by atoms with Gasteiger partial charge in [-0.1, -0.05) is 35.9 Å². The molecule has 6 heteroatoms. The highest BCUT2D eigenvalue weighted by Crippen LogP contribution is 2.22. The second-order valence-corrected chi connectivity index (χ2v) is 7.88. The Morgan fingerprint density at radius 1 is 1.13 bits per heavy atom. The van der Waals surface area contributed by atoms with Crippen molar-refractivity contribution in [2.45, 2.75) is 39.2 Å². The Hall–Kier alpha value is -3.02. The minimum absolute atomic E-state index is 0.0298. The number of benzene rings is 2. The Bertz CT molecular complexity index is 851. The van der Waals surface area contributed by atoms with Crippen molar-refractivity contribution in [2.24, 2.45) is 5.92 Å². The molecule has 160 valence electrons. The molecule has 3 amide bonds. The Morgan fingerprint density at radius 3 is 2.67 bits per heavy atom. The first-order valence-corrected chi connectivity index (χ1v) is 10.6. The van der Waals surface area contributed by atoms with Crippen molar-refractivity contribution in [1.29, 1.82) is 0 Å². The van der Waals surface area contributed by atoms with E-state index in [2.05, 4.69) is 10.6 Å². The molecule has 2 N–H and O–H groups in total. The van der Waals surface area contributed by atoms with E-state index in [1.807, 2.05) is 60.4 Å². The van der Waals surface area contributed by atoms with Gasteiger partial charge in [-0.2, -0.15) is 0 Å². The van der Waals surface area contributed by atoms with E-state index in [1.54, 1.807) is 7.11 Å². The third-order valence-corrected chi connectivity index (χ3v) is 5.56. The summed E-state index contributed by atoms with van der Waals surface area (Å²) in [6.45, 7) is 3.93. The average Bonchev–Trinajstić information content (AvgIpc) is 2.78. The van der Waals surface area contributed by atoms with Crippen LogP contribution in [0, 0.1) is 12.8 Å². The molecule has 2 aromatic rings. The Kier molecular flexibility index (Phi) is 7.71. The van der Waals surface area contributed by atoms with E-state index in [4.69, 9.17) is 4.74 Å². The van der Waals surface area contributed by atoms with Crippen molar-refractivity contribution in [1.82, 2.24) is 10.2 Å². The highest BCUT2D eigenvalue weighted by Gasteiger charge is 2.24. The van der Waals surface area contributed by atoms with Gasteiger partial charge in [0.1, 0.15) is 5.75 Å². The highest BCUT2D eigenvalue weighted by molar-refractivity contribution is 5.89. The van der Waals surface area contributed by atoms with E-state index >= 15 is 0 Å². The number of hydrogen-bond donors (Lipinski definition) is 2. The molecule has 0 radical (unpaired) electrons. The average molecular weight is 410 g/mol. The fourth-order valence-electron chi connectivity index (χ4n) is 3.79. The zero-order valence-corrected chi connectivity index (χ0v) is 17.8. The van der Waals surface area contributed by atoms with E-state index in [0.29, 0.717) is 25.4 Å². The number of carbonyl (C=O) groups excluding carboxylic acids is 2. The lowest BCUT2D eigenvalue weighted by Crippen LogP contribution is -2.42. The minimum atomic E-state index is -0.0656. The van der Waals surface area contributed by atoms with Gasteiger partial charge >= 0.3 is 6.03 Å². The normalized spacial score (nSPS) is 16.1. The topological polar surface area (TPSA) is 70.7 Å². The number of carbonyl (C=O) groups is 2.